The van der Waals surface area contributed by atoms with E-state index >= 15 is 0 Å². The van der Waals surface area contributed by atoms with Gasteiger partial charge in [0, 0.05) is 16.7 Å². The molecule has 0 amide bonds. The number of sulfone groups is 1. The van der Waals surface area contributed by atoms with Crippen molar-refractivity contribution in [3.63, 3.8) is 0 Å². The van der Waals surface area contributed by atoms with E-state index in [4.69, 9.17) is 0 Å². The first kappa shape index (κ1) is 14.2. The van der Waals surface area contributed by atoms with Crippen LogP contribution in [0.2, 0.25) is 0 Å². The molecule has 3 aromatic rings. The molecule has 0 aliphatic heterocycles. The van der Waals surface area contributed by atoms with Crippen LogP contribution in [0.3, 0.4) is 0 Å². The Morgan fingerprint density at radius 2 is 1.81 bits per heavy atom. The molecule has 21 heavy (non-hydrogen) atoms. The van der Waals surface area contributed by atoms with Crippen LogP contribution in [0.4, 0.5) is 0 Å². The van der Waals surface area contributed by atoms with Gasteiger partial charge in [-0.05, 0) is 36.6 Å². The number of nitrogens with zero attached hydrogens (tertiary/aromatic N) is 1. The predicted molar refractivity (Wildman–Crippen MR) is 86.4 cm³/mol. The van der Waals surface area contributed by atoms with Crippen LogP contribution in [0.25, 0.3) is 22.4 Å². The van der Waals surface area contributed by atoms with Gasteiger partial charge in [-0.25, -0.2) is 13.4 Å². The number of hydrogen-bond donors (Lipinski definition) is 1. The average molecular weight is 318 g/mol. The molecular weight excluding hydrogens is 304 g/mol. The monoisotopic (exact) mass is 318 g/mol. The van der Waals surface area contributed by atoms with Crippen molar-refractivity contribution in [3.05, 3.63) is 42.5 Å². The summed E-state index contributed by atoms with van der Waals surface area (Å²) in [5, 5.41) is 0. The summed E-state index contributed by atoms with van der Waals surface area (Å²) in [5.41, 5.74) is 2.46. The Kier molecular flexibility index (Phi) is 3.51. The van der Waals surface area contributed by atoms with Crippen LogP contribution in [0.1, 0.15) is 0 Å². The summed E-state index contributed by atoms with van der Waals surface area (Å²) in [6.07, 6.45) is 3.23. The molecule has 3 rings (SSSR count). The van der Waals surface area contributed by atoms with Gasteiger partial charge in [0.15, 0.2) is 9.84 Å². The number of thioether (sulfide) groups is 1. The van der Waals surface area contributed by atoms with Gasteiger partial charge in [0.1, 0.15) is 5.82 Å². The number of aromatic nitrogens is 2. The Morgan fingerprint density at radius 3 is 2.43 bits per heavy atom. The third-order valence-corrected chi connectivity index (χ3v) is 5.10. The molecule has 4 nitrogen and oxygen atoms in total. The SMILES string of the molecule is CSc1ccc(-c2nc3ccc(S(C)(=O)=O)cc3[nH]2)cc1. The van der Waals surface area contributed by atoms with Crippen LogP contribution >= 0.6 is 11.8 Å². The fourth-order valence-corrected chi connectivity index (χ4v) is 3.16. The molecule has 0 aliphatic rings. The Hall–Kier alpha value is -1.79. The molecule has 1 aromatic heterocycles. The summed E-state index contributed by atoms with van der Waals surface area (Å²) in [4.78, 5) is 9.17. The molecule has 0 spiro atoms. The Bertz CT molecular complexity index is 897. The van der Waals surface area contributed by atoms with Gasteiger partial charge in [0.05, 0.1) is 15.9 Å². The van der Waals surface area contributed by atoms with Gasteiger partial charge in [-0.2, -0.15) is 0 Å². The minimum absolute atomic E-state index is 0.294. The third kappa shape index (κ3) is 2.82. The highest BCUT2D eigenvalue weighted by atomic mass is 32.2. The van der Waals surface area contributed by atoms with Gasteiger partial charge in [-0.3, -0.25) is 0 Å². The largest absolute Gasteiger partial charge is 0.338 e. The molecular formula is C15H14N2O2S2. The molecule has 1 N–H and O–H groups in total. The molecule has 0 fully saturated rings. The van der Waals surface area contributed by atoms with Gasteiger partial charge < -0.3 is 4.98 Å². The smallest absolute Gasteiger partial charge is 0.175 e. The zero-order chi connectivity index (χ0) is 15.0. The summed E-state index contributed by atoms with van der Waals surface area (Å²) in [6, 6.07) is 13.0. The Balaban J connectivity index is 2.08. The van der Waals surface area contributed by atoms with Gasteiger partial charge in [0.25, 0.3) is 0 Å². The highest BCUT2D eigenvalue weighted by Gasteiger charge is 2.11. The van der Waals surface area contributed by atoms with Crippen LogP contribution in [-0.4, -0.2) is 30.9 Å². The number of fused-ring (bicyclic) bond motifs is 1. The lowest BCUT2D eigenvalue weighted by Gasteiger charge is -1.98. The van der Waals surface area contributed by atoms with E-state index in [9.17, 15) is 8.42 Å². The Morgan fingerprint density at radius 1 is 1.10 bits per heavy atom. The van der Waals surface area contributed by atoms with E-state index in [-0.39, 0.29) is 0 Å². The van der Waals surface area contributed by atoms with Crippen LogP contribution < -0.4 is 0 Å². The van der Waals surface area contributed by atoms with Gasteiger partial charge in [0.2, 0.25) is 0 Å². The van der Waals surface area contributed by atoms with E-state index in [2.05, 4.69) is 9.97 Å². The van der Waals surface area contributed by atoms with Crippen LogP contribution in [0.5, 0.6) is 0 Å². The van der Waals surface area contributed by atoms with Crippen molar-refractivity contribution in [1.29, 1.82) is 0 Å². The fraction of sp³-hybridized carbons (Fsp3) is 0.133. The van der Waals surface area contributed by atoms with Crippen molar-refractivity contribution >= 4 is 32.6 Å². The summed E-state index contributed by atoms with van der Waals surface area (Å²) in [7, 11) is -3.21. The molecule has 0 bridgehead atoms. The van der Waals surface area contributed by atoms with E-state index in [0.717, 1.165) is 22.4 Å². The van der Waals surface area contributed by atoms with Crippen molar-refractivity contribution in [3.8, 4) is 11.4 Å². The summed E-state index contributed by atoms with van der Waals surface area (Å²) >= 11 is 1.69. The second-order valence-corrected chi connectivity index (χ2v) is 7.66. The molecule has 0 aliphatic carbocycles. The minimum atomic E-state index is -3.21. The first-order chi connectivity index (χ1) is 9.97. The molecule has 108 valence electrons. The van der Waals surface area contributed by atoms with Crippen LogP contribution in [0.15, 0.2) is 52.3 Å². The number of hydrogen-bond acceptors (Lipinski definition) is 4. The van der Waals surface area contributed by atoms with Gasteiger partial charge in [-0.1, -0.05) is 12.1 Å². The van der Waals surface area contributed by atoms with E-state index in [1.165, 1.54) is 11.2 Å². The van der Waals surface area contributed by atoms with Crippen molar-refractivity contribution < 1.29 is 8.42 Å². The van der Waals surface area contributed by atoms with Gasteiger partial charge >= 0.3 is 0 Å². The zero-order valence-corrected chi connectivity index (χ0v) is 13.3. The van der Waals surface area contributed by atoms with Gasteiger partial charge in [-0.15, -0.1) is 11.8 Å². The number of nitrogens with one attached hydrogen (secondary N) is 1. The molecule has 0 radical (unpaired) electrons. The molecule has 0 unspecified atom stereocenters. The number of rotatable bonds is 3. The summed E-state index contributed by atoms with van der Waals surface area (Å²) < 4.78 is 23.2. The number of benzene rings is 2. The lowest BCUT2D eigenvalue weighted by Crippen LogP contribution is -1.96. The minimum Gasteiger partial charge on any atom is -0.338 e. The molecule has 2 aromatic carbocycles. The number of aromatic amines is 1. The van der Waals surface area contributed by atoms with E-state index in [1.54, 1.807) is 30.0 Å². The lowest BCUT2D eigenvalue weighted by molar-refractivity contribution is 0.602. The molecule has 6 heteroatoms. The van der Waals surface area contributed by atoms with E-state index < -0.39 is 9.84 Å². The van der Waals surface area contributed by atoms with E-state index in [1.807, 2.05) is 30.5 Å². The number of imidazole rings is 1. The van der Waals surface area contributed by atoms with Crippen LogP contribution in [0, 0.1) is 0 Å². The van der Waals surface area contributed by atoms with Crippen molar-refractivity contribution in [1.82, 2.24) is 9.97 Å². The zero-order valence-electron chi connectivity index (χ0n) is 11.6. The second-order valence-electron chi connectivity index (χ2n) is 4.77. The standard InChI is InChI=1S/C15H14N2O2S2/c1-20-11-5-3-10(4-6-11)15-16-13-8-7-12(21(2,18)19)9-14(13)17-15/h3-9H,1-2H3,(H,16,17). The maximum absolute atomic E-state index is 11.6. The molecule has 0 atom stereocenters. The summed E-state index contributed by atoms with van der Waals surface area (Å²) in [5.74, 6) is 0.739. The Labute approximate surface area is 127 Å². The lowest BCUT2D eigenvalue weighted by atomic mass is 10.2. The van der Waals surface area contributed by atoms with Crippen LogP contribution in [-0.2, 0) is 9.84 Å². The van der Waals surface area contributed by atoms with E-state index in [0.29, 0.717) is 4.90 Å². The van der Waals surface area contributed by atoms with Crippen molar-refractivity contribution in [2.24, 2.45) is 0 Å². The molecule has 1 heterocycles. The summed E-state index contributed by atoms with van der Waals surface area (Å²) in [6.45, 7) is 0. The van der Waals surface area contributed by atoms with Crippen molar-refractivity contribution in [2.45, 2.75) is 9.79 Å². The first-order valence-corrected chi connectivity index (χ1v) is 9.43. The molecule has 0 saturated carbocycles. The third-order valence-electron chi connectivity index (χ3n) is 3.24. The first-order valence-electron chi connectivity index (χ1n) is 6.31. The fourth-order valence-electron chi connectivity index (χ4n) is 2.10. The average Bonchev–Trinajstić information content (AvgIpc) is 2.89. The topological polar surface area (TPSA) is 62.8 Å². The molecule has 0 saturated heterocycles. The second kappa shape index (κ2) is 5.20. The quantitative estimate of drug-likeness (QED) is 0.752. The highest BCUT2D eigenvalue weighted by Crippen LogP contribution is 2.24. The maximum Gasteiger partial charge on any atom is 0.175 e. The van der Waals surface area contributed by atoms with Crippen molar-refractivity contribution in [2.75, 3.05) is 12.5 Å². The predicted octanol–water partition coefficient (Wildman–Crippen LogP) is 3.36. The highest BCUT2D eigenvalue weighted by molar-refractivity contribution is 7.98. The number of H-pyrrole nitrogens is 1. The maximum atomic E-state index is 11.6. The normalized spacial score (nSPS) is 11.9.